The number of hydrogen-bond acceptors (Lipinski definition) is 6. The Bertz CT molecular complexity index is 1420. The fraction of sp³-hybridized carbons (Fsp3) is 0.250. The minimum Gasteiger partial charge on any atom is -0.491 e. The summed E-state index contributed by atoms with van der Waals surface area (Å²) in [6.45, 7) is 5.12. The van der Waals surface area contributed by atoms with Crippen LogP contribution in [0.25, 0.3) is 11.4 Å². The van der Waals surface area contributed by atoms with Gasteiger partial charge in [-0.1, -0.05) is 24.3 Å². The normalized spacial score (nSPS) is 12.3. The van der Waals surface area contributed by atoms with Crippen LogP contribution in [0.1, 0.15) is 42.5 Å². The average molecular weight is 542 g/mol. The van der Waals surface area contributed by atoms with E-state index in [0.29, 0.717) is 33.9 Å². The van der Waals surface area contributed by atoms with Crippen molar-refractivity contribution >= 4 is 5.97 Å². The molecule has 11 heteroatoms. The third-order valence-electron chi connectivity index (χ3n) is 5.53. The van der Waals surface area contributed by atoms with Crippen LogP contribution in [0.2, 0.25) is 0 Å². The number of nitrogens with one attached hydrogen (secondary N) is 1. The first-order chi connectivity index (χ1) is 18.5. The van der Waals surface area contributed by atoms with Crippen molar-refractivity contribution in [3.05, 3.63) is 89.2 Å². The van der Waals surface area contributed by atoms with Crippen LogP contribution in [-0.2, 0) is 11.0 Å². The van der Waals surface area contributed by atoms with Crippen molar-refractivity contribution in [2.75, 3.05) is 6.61 Å². The van der Waals surface area contributed by atoms with Crippen LogP contribution in [0.3, 0.4) is 0 Å². The summed E-state index contributed by atoms with van der Waals surface area (Å²) in [6.07, 6.45) is -5.24. The summed E-state index contributed by atoms with van der Waals surface area (Å²) in [4.78, 5) is 15.3. The van der Waals surface area contributed by atoms with Gasteiger partial charge in [-0.25, -0.2) is 9.78 Å². The Morgan fingerprint density at radius 1 is 0.974 bits per heavy atom. The molecule has 0 amide bonds. The number of halogens is 3. The molecular formula is C28H26F3N3O5. The van der Waals surface area contributed by atoms with Crippen LogP contribution in [0.5, 0.6) is 17.2 Å². The molecular weight excluding hydrogens is 515 g/mol. The number of ether oxygens (including phenoxy) is 3. The molecule has 0 bridgehead atoms. The average Bonchev–Trinajstić information content (AvgIpc) is 3.36. The van der Waals surface area contributed by atoms with E-state index in [0.717, 1.165) is 12.1 Å². The smallest absolute Gasteiger partial charge is 0.416 e. The highest BCUT2D eigenvalue weighted by atomic mass is 19.4. The molecule has 8 nitrogen and oxygen atoms in total. The maximum atomic E-state index is 13.0. The van der Waals surface area contributed by atoms with Gasteiger partial charge in [-0.15, -0.1) is 0 Å². The number of carboxylic acids is 1. The summed E-state index contributed by atoms with van der Waals surface area (Å²) >= 11 is 0. The number of rotatable bonds is 10. The van der Waals surface area contributed by atoms with E-state index in [2.05, 4.69) is 15.2 Å². The second kappa shape index (κ2) is 11.5. The van der Waals surface area contributed by atoms with Gasteiger partial charge in [0, 0.05) is 11.1 Å². The minimum atomic E-state index is -4.44. The topological polar surface area (TPSA) is 107 Å². The largest absolute Gasteiger partial charge is 0.491 e. The number of alkyl halides is 3. The Morgan fingerprint density at radius 2 is 1.64 bits per heavy atom. The monoisotopic (exact) mass is 541 g/mol. The number of aryl methyl sites for hydroxylation is 1. The molecule has 1 atom stereocenters. The molecule has 0 saturated heterocycles. The van der Waals surface area contributed by atoms with Crippen LogP contribution >= 0.6 is 0 Å². The molecule has 0 aliphatic heterocycles. The molecule has 0 fully saturated rings. The highest BCUT2D eigenvalue weighted by Gasteiger charge is 2.30. The lowest BCUT2D eigenvalue weighted by Gasteiger charge is -2.19. The van der Waals surface area contributed by atoms with E-state index in [1.165, 1.54) is 12.1 Å². The van der Waals surface area contributed by atoms with E-state index in [1.807, 2.05) is 26.0 Å². The van der Waals surface area contributed by atoms with Crippen LogP contribution < -0.4 is 14.2 Å². The van der Waals surface area contributed by atoms with Crippen LogP contribution in [0.4, 0.5) is 13.2 Å². The van der Waals surface area contributed by atoms with E-state index >= 15 is 0 Å². The number of benzene rings is 3. The summed E-state index contributed by atoms with van der Waals surface area (Å²) in [5.41, 5.74) is 1.03. The number of H-pyrrole nitrogens is 1. The van der Waals surface area contributed by atoms with Crippen molar-refractivity contribution in [2.45, 2.75) is 39.2 Å². The quantitative estimate of drug-likeness (QED) is 0.246. The molecule has 4 rings (SSSR count). The van der Waals surface area contributed by atoms with Crippen molar-refractivity contribution in [1.82, 2.24) is 15.2 Å². The Labute approximate surface area is 222 Å². The summed E-state index contributed by atoms with van der Waals surface area (Å²) in [7, 11) is 0. The number of aromatic amines is 1. The fourth-order valence-corrected chi connectivity index (χ4v) is 3.73. The van der Waals surface area contributed by atoms with Gasteiger partial charge in [-0.05, 0) is 68.8 Å². The van der Waals surface area contributed by atoms with Crippen LogP contribution in [0, 0.1) is 6.92 Å². The van der Waals surface area contributed by atoms with Gasteiger partial charge >= 0.3 is 12.1 Å². The van der Waals surface area contributed by atoms with Gasteiger partial charge in [-0.3, -0.25) is 5.10 Å². The zero-order valence-corrected chi connectivity index (χ0v) is 21.3. The van der Waals surface area contributed by atoms with Gasteiger partial charge in [0.15, 0.2) is 24.4 Å². The molecule has 4 aromatic rings. The molecule has 1 heterocycles. The number of hydrogen-bond donors (Lipinski definition) is 2. The second-order valence-electron chi connectivity index (χ2n) is 8.96. The van der Waals surface area contributed by atoms with Crippen molar-refractivity contribution in [2.24, 2.45) is 0 Å². The molecule has 1 unspecified atom stereocenters. The number of nitrogens with zero attached hydrogens (tertiary/aromatic N) is 2. The molecule has 0 spiro atoms. The maximum Gasteiger partial charge on any atom is 0.416 e. The summed E-state index contributed by atoms with van der Waals surface area (Å²) in [5.74, 6) is 0.964. The summed E-state index contributed by atoms with van der Waals surface area (Å²) < 4.78 is 56.2. The molecule has 0 saturated carbocycles. The highest BCUT2D eigenvalue weighted by Crippen LogP contribution is 2.33. The number of carbonyl (C=O) groups is 1. The van der Waals surface area contributed by atoms with E-state index in [-0.39, 0.29) is 17.8 Å². The lowest BCUT2D eigenvalue weighted by molar-refractivity contribution is -0.139. The van der Waals surface area contributed by atoms with Crippen molar-refractivity contribution in [1.29, 1.82) is 0 Å². The minimum absolute atomic E-state index is 0.00738. The van der Waals surface area contributed by atoms with Gasteiger partial charge in [0.2, 0.25) is 0 Å². The molecule has 0 radical (unpaired) electrons. The van der Waals surface area contributed by atoms with Gasteiger partial charge in [0.1, 0.15) is 17.2 Å². The number of aromatic nitrogens is 3. The Morgan fingerprint density at radius 3 is 2.23 bits per heavy atom. The molecule has 2 N–H and O–H groups in total. The van der Waals surface area contributed by atoms with Gasteiger partial charge in [0.25, 0.3) is 0 Å². The first kappa shape index (κ1) is 27.5. The predicted octanol–water partition coefficient (Wildman–Crippen LogP) is 6.22. The van der Waals surface area contributed by atoms with Crippen molar-refractivity contribution in [3.8, 4) is 28.6 Å². The van der Waals surface area contributed by atoms with Crippen molar-refractivity contribution in [3.63, 3.8) is 0 Å². The lowest BCUT2D eigenvalue weighted by Crippen LogP contribution is -2.13. The van der Waals surface area contributed by atoms with Gasteiger partial charge in [0.05, 0.1) is 11.7 Å². The van der Waals surface area contributed by atoms with Gasteiger partial charge in [-0.2, -0.15) is 18.3 Å². The van der Waals surface area contributed by atoms with Crippen LogP contribution in [0.15, 0.2) is 66.7 Å². The molecule has 3 aromatic carbocycles. The van der Waals surface area contributed by atoms with E-state index in [9.17, 15) is 18.0 Å². The first-order valence-corrected chi connectivity index (χ1v) is 12.0. The fourth-order valence-electron chi connectivity index (χ4n) is 3.73. The summed E-state index contributed by atoms with van der Waals surface area (Å²) in [5, 5.41) is 15.9. The zero-order chi connectivity index (χ0) is 28.2. The lowest BCUT2D eigenvalue weighted by atomic mass is 10.1. The third kappa shape index (κ3) is 7.07. The number of carboxylic acid groups (broad SMARTS) is 1. The number of aliphatic carboxylic acids is 1. The molecule has 0 aliphatic rings. The molecule has 39 heavy (non-hydrogen) atoms. The standard InChI is InChI=1S/C28H26F3N3O5/c1-16(2)38-21-10-6-18(7-11-21)25(39-22-12-13-23(17(3)14-22)37-15-24(35)36)27-32-26(33-34-27)19-4-8-20(9-5-19)28(29,30)31/h4-14,16,25H,15H2,1-3H3,(H,35,36)(H,32,33,34). The molecule has 1 aromatic heterocycles. The molecule has 0 aliphatic carbocycles. The van der Waals surface area contributed by atoms with Gasteiger partial charge < -0.3 is 19.3 Å². The Balaban J connectivity index is 1.64. The van der Waals surface area contributed by atoms with Crippen molar-refractivity contribution < 1.29 is 37.3 Å². The Kier molecular flexibility index (Phi) is 8.08. The first-order valence-electron chi connectivity index (χ1n) is 12.0. The van der Waals surface area contributed by atoms with E-state index in [4.69, 9.17) is 19.3 Å². The van der Waals surface area contributed by atoms with E-state index < -0.39 is 30.4 Å². The SMILES string of the molecule is Cc1cc(OC(c2ccc(OC(C)C)cc2)c2n[nH]c(-c3ccc(C(F)(F)F)cc3)n2)ccc1OCC(=O)O. The zero-order valence-electron chi connectivity index (χ0n) is 21.3. The maximum absolute atomic E-state index is 13.0. The third-order valence-corrected chi connectivity index (χ3v) is 5.53. The predicted molar refractivity (Wildman–Crippen MR) is 136 cm³/mol. The van der Waals surface area contributed by atoms with Crippen LogP contribution in [-0.4, -0.2) is 39.0 Å². The van der Waals surface area contributed by atoms with E-state index in [1.54, 1.807) is 37.3 Å². The molecule has 204 valence electrons. The highest BCUT2D eigenvalue weighted by molar-refractivity contribution is 5.68. The Hall–Kier alpha value is -4.54. The summed E-state index contributed by atoms with van der Waals surface area (Å²) in [6, 6.07) is 16.8. The second-order valence-corrected chi connectivity index (χ2v) is 8.96.